The van der Waals surface area contributed by atoms with E-state index in [1.54, 1.807) is 6.92 Å². The lowest BCUT2D eigenvalue weighted by Gasteiger charge is -2.16. The van der Waals surface area contributed by atoms with Crippen molar-refractivity contribution in [2.45, 2.75) is 37.6 Å². The summed E-state index contributed by atoms with van der Waals surface area (Å²) in [5.41, 5.74) is 0.507. The van der Waals surface area contributed by atoms with Gasteiger partial charge in [0.25, 0.3) is 0 Å². The normalized spacial score (nSPS) is 12.5. The first kappa shape index (κ1) is 18.1. The Balaban J connectivity index is 2.84. The highest BCUT2D eigenvalue weighted by Crippen LogP contribution is 2.15. The summed E-state index contributed by atoms with van der Waals surface area (Å²) in [6.07, 6.45) is 0.425. The molecular weight excluding hydrogens is 308 g/mol. The molecule has 1 rings (SSSR count). The zero-order valence-electron chi connectivity index (χ0n) is 12.8. The maximum absolute atomic E-state index is 12.3. The number of sulfonamides is 1. The third-order valence-electron chi connectivity index (χ3n) is 2.94. The number of ether oxygens (including phenoxy) is 1. The molecule has 1 unspecified atom stereocenters. The van der Waals surface area contributed by atoms with Crippen molar-refractivity contribution in [1.82, 2.24) is 4.72 Å². The summed E-state index contributed by atoms with van der Waals surface area (Å²) >= 11 is 0. The van der Waals surface area contributed by atoms with E-state index < -0.39 is 22.0 Å². The molecule has 0 aliphatic rings. The van der Waals surface area contributed by atoms with Gasteiger partial charge >= 0.3 is 5.97 Å². The molecule has 8 heteroatoms. The zero-order valence-corrected chi connectivity index (χ0v) is 13.6. The van der Waals surface area contributed by atoms with Crippen molar-refractivity contribution in [3.63, 3.8) is 0 Å². The molecule has 7 nitrogen and oxygen atoms in total. The van der Waals surface area contributed by atoms with Gasteiger partial charge in [0.1, 0.15) is 0 Å². The molecule has 0 saturated heterocycles. The molecule has 0 bridgehead atoms. The fourth-order valence-electron chi connectivity index (χ4n) is 1.76. The van der Waals surface area contributed by atoms with E-state index >= 15 is 0 Å². The van der Waals surface area contributed by atoms with Crippen LogP contribution in [0.1, 0.15) is 26.7 Å². The molecule has 122 valence electrons. The molecule has 1 aromatic rings. The third-order valence-corrected chi connectivity index (χ3v) is 4.48. The second kappa shape index (κ2) is 7.90. The number of rotatable bonds is 7. The lowest BCUT2D eigenvalue weighted by atomic mass is 10.2. The summed E-state index contributed by atoms with van der Waals surface area (Å²) in [6.45, 7) is 3.14. The summed E-state index contributed by atoms with van der Waals surface area (Å²) < 4.78 is 31.5. The standard InChI is InChI=1S/C14H20N2O5S/c1-4-11(9-14(18)21-3)16-22(19,20)13-7-5-12(6-8-13)15-10(2)17/h5-8,11,16H,4,9H2,1-3H3,(H,15,17). The van der Waals surface area contributed by atoms with Crippen LogP contribution in [-0.2, 0) is 24.3 Å². The minimum Gasteiger partial charge on any atom is -0.469 e. The Labute approximate surface area is 130 Å². The lowest BCUT2D eigenvalue weighted by molar-refractivity contribution is -0.141. The van der Waals surface area contributed by atoms with E-state index in [2.05, 4.69) is 14.8 Å². The van der Waals surface area contributed by atoms with E-state index in [4.69, 9.17) is 0 Å². The first-order valence-electron chi connectivity index (χ1n) is 6.75. The minimum absolute atomic E-state index is 0.0315. The Bertz CT molecular complexity index is 625. The van der Waals surface area contributed by atoms with Crippen LogP contribution in [0, 0.1) is 0 Å². The SMILES string of the molecule is CCC(CC(=O)OC)NS(=O)(=O)c1ccc(NC(C)=O)cc1. The second-order valence-electron chi connectivity index (χ2n) is 4.71. The van der Waals surface area contributed by atoms with Gasteiger partial charge in [-0.1, -0.05) is 6.92 Å². The first-order chi connectivity index (χ1) is 10.3. The molecule has 0 fully saturated rings. The maximum Gasteiger partial charge on any atom is 0.307 e. The molecule has 0 radical (unpaired) electrons. The van der Waals surface area contributed by atoms with Crippen molar-refractivity contribution < 1.29 is 22.7 Å². The smallest absolute Gasteiger partial charge is 0.307 e. The van der Waals surface area contributed by atoms with Gasteiger partial charge in [-0.3, -0.25) is 9.59 Å². The number of methoxy groups -OCH3 is 1. The Hall–Kier alpha value is -1.93. The predicted octanol–water partition coefficient (Wildman–Crippen LogP) is 1.26. The van der Waals surface area contributed by atoms with Gasteiger partial charge in [0.15, 0.2) is 0 Å². The van der Waals surface area contributed by atoms with Gasteiger partial charge in [-0.15, -0.1) is 0 Å². The number of carbonyl (C=O) groups excluding carboxylic acids is 2. The van der Waals surface area contributed by atoms with Gasteiger partial charge in [0, 0.05) is 18.7 Å². The van der Waals surface area contributed by atoms with Gasteiger partial charge < -0.3 is 10.1 Å². The van der Waals surface area contributed by atoms with Crippen molar-refractivity contribution in [2.24, 2.45) is 0 Å². The van der Waals surface area contributed by atoms with Crippen LogP contribution in [0.5, 0.6) is 0 Å². The molecule has 0 spiro atoms. The van der Waals surface area contributed by atoms with E-state index in [9.17, 15) is 18.0 Å². The average Bonchev–Trinajstić information content (AvgIpc) is 2.46. The Kier molecular flexibility index (Phi) is 6.51. The summed E-state index contributed by atoms with van der Waals surface area (Å²) in [6, 6.07) is 5.23. The number of hydrogen-bond acceptors (Lipinski definition) is 5. The molecule has 0 aromatic heterocycles. The molecule has 22 heavy (non-hydrogen) atoms. The van der Waals surface area contributed by atoms with Crippen molar-refractivity contribution in [3.05, 3.63) is 24.3 Å². The number of carbonyl (C=O) groups is 2. The minimum atomic E-state index is -3.74. The van der Waals surface area contributed by atoms with Gasteiger partial charge in [0.05, 0.1) is 18.4 Å². The second-order valence-corrected chi connectivity index (χ2v) is 6.43. The Morgan fingerprint density at radius 3 is 2.27 bits per heavy atom. The highest BCUT2D eigenvalue weighted by molar-refractivity contribution is 7.89. The van der Waals surface area contributed by atoms with E-state index in [-0.39, 0.29) is 17.2 Å². The lowest BCUT2D eigenvalue weighted by Crippen LogP contribution is -2.36. The van der Waals surface area contributed by atoms with E-state index in [0.29, 0.717) is 12.1 Å². The van der Waals surface area contributed by atoms with Crippen LogP contribution in [0.25, 0.3) is 0 Å². The van der Waals surface area contributed by atoms with Crippen LogP contribution in [0.4, 0.5) is 5.69 Å². The summed E-state index contributed by atoms with van der Waals surface area (Å²) in [5, 5.41) is 2.55. The number of amides is 1. The molecule has 0 aliphatic carbocycles. The van der Waals surface area contributed by atoms with E-state index in [0.717, 1.165) is 0 Å². The summed E-state index contributed by atoms with van der Waals surface area (Å²) in [7, 11) is -2.49. The molecule has 1 aromatic carbocycles. The van der Waals surface area contributed by atoms with E-state index in [1.165, 1.54) is 38.3 Å². The van der Waals surface area contributed by atoms with Gasteiger partial charge in [-0.05, 0) is 30.7 Å². The maximum atomic E-state index is 12.3. The van der Waals surface area contributed by atoms with Crippen molar-refractivity contribution >= 4 is 27.6 Å². The molecule has 0 heterocycles. The molecular formula is C14H20N2O5S. The number of hydrogen-bond donors (Lipinski definition) is 2. The topological polar surface area (TPSA) is 102 Å². The van der Waals surface area contributed by atoms with Crippen molar-refractivity contribution in [2.75, 3.05) is 12.4 Å². The average molecular weight is 328 g/mol. The van der Waals surface area contributed by atoms with Crippen molar-refractivity contribution in [3.8, 4) is 0 Å². The van der Waals surface area contributed by atoms with Gasteiger partial charge in [-0.25, -0.2) is 13.1 Å². The number of esters is 1. The quantitative estimate of drug-likeness (QED) is 0.734. The van der Waals surface area contributed by atoms with Gasteiger partial charge in [0.2, 0.25) is 15.9 Å². The first-order valence-corrected chi connectivity index (χ1v) is 8.23. The van der Waals surface area contributed by atoms with Crippen LogP contribution >= 0.6 is 0 Å². The molecule has 2 N–H and O–H groups in total. The zero-order chi connectivity index (χ0) is 16.8. The van der Waals surface area contributed by atoms with Crippen LogP contribution in [0.2, 0.25) is 0 Å². The fraction of sp³-hybridized carbons (Fsp3) is 0.429. The fourth-order valence-corrected chi connectivity index (χ4v) is 3.08. The third kappa shape index (κ3) is 5.45. The molecule has 1 amide bonds. The monoisotopic (exact) mass is 328 g/mol. The number of anilines is 1. The van der Waals surface area contributed by atoms with Crippen LogP contribution in [0.3, 0.4) is 0 Å². The number of benzene rings is 1. The highest BCUT2D eigenvalue weighted by Gasteiger charge is 2.21. The van der Waals surface area contributed by atoms with E-state index in [1.807, 2.05) is 0 Å². The summed E-state index contributed by atoms with van der Waals surface area (Å²) in [5.74, 6) is -0.714. The number of nitrogens with one attached hydrogen (secondary N) is 2. The Morgan fingerprint density at radius 1 is 1.23 bits per heavy atom. The van der Waals surface area contributed by atoms with Crippen LogP contribution < -0.4 is 10.0 Å². The Morgan fingerprint density at radius 2 is 1.82 bits per heavy atom. The van der Waals surface area contributed by atoms with Crippen LogP contribution in [-0.4, -0.2) is 33.4 Å². The molecule has 1 atom stereocenters. The summed E-state index contributed by atoms with van der Waals surface area (Å²) in [4.78, 5) is 22.2. The van der Waals surface area contributed by atoms with Crippen molar-refractivity contribution in [1.29, 1.82) is 0 Å². The largest absolute Gasteiger partial charge is 0.469 e. The highest BCUT2D eigenvalue weighted by atomic mass is 32.2. The molecule has 0 aliphatic heterocycles. The van der Waals surface area contributed by atoms with Gasteiger partial charge in [-0.2, -0.15) is 0 Å². The van der Waals surface area contributed by atoms with Crippen LogP contribution in [0.15, 0.2) is 29.2 Å². The predicted molar refractivity (Wildman–Crippen MR) is 81.8 cm³/mol. The molecule has 0 saturated carbocycles.